The maximum absolute atomic E-state index is 13.2. The molecule has 0 aliphatic carbocycles. The lowest BCUT2D eigenvalue weighted by Crippen LogP contribution is -2.45. The minimum Gasteiger partial charge on any atom is -0.314 e. The summed E-state index contributed by atoms with van der Waals surface area (Å²) in [5.74, 6) is -0.377. The Hall–Kier alpha value is -0.130. The lowest BCUT2D eigenvalue weighted by atomic mass is 10.1. The lowest BCUT2D eigenvalue weighted by Gasteiger charge is -2.34. The maximum atomic E-state index is 13.2. The molecule has 1 aromatic rings. The number of hydrogen-bond donors (Lipinski definition) is 1. The number of nitrogens with zero attached hydrogens (tertiary/aromatic N) is 1. The van der Waals surface area contributed by atoms with E-state index in [1.165, 1.54) is 18.2 Å². The highest BCUT2D eigenvalue weighted by molar-refractivity contribution is 6.31. The van der Waals surface area contributed by atoms with Gasteiger partial charge in [-0.15, -0.1) is 24.8 Å². The highest BCUT2D eigenvalue weighted by Crippen LogP contribution is 2.29. The fourth-order valence-corrected chi connectivity index (χ4v) is 2.38. The zero-order valence-corrected chi connectivity index (χ0v) is 12.6. The van der Waals surface area contributed by atoms with Gasteiger partial charge in [-0.3, -0.25) is 4.90 Å². The van der Waals surface area contributed by atoms with E-state index in [0.717, 1.165) is 26.2 Å². The summed E-state index contributed by atoms with van der Waals surface area (Å²) in [5.41, 5.74) is 0.538. The van der Waals surface area contributed by atoms with Crippen molar-refractivity contribution in [3.05, 3.63) is 34.6 Å². The average molecular weight is 334 g/mol. The second-order valence-corrected chi connectivity index (χ2v) is 4.53. The molecular weight excluding hydrogens is 317 g/mol. The molecule has 0 saturated carbocycles. The Kier molecular flexibility index (Phi) is 8.86. The summed E-state index contributed by atoms with van der Waals surface area (Å²) in [6.07, 6.45) is 0. The Morgan fingerprint density at radius 1 is 1.26 bits per heavy atom. The summed E-state index contributed by atoms with van der Waals surface area (Å²) in [7, 11) is 0. The minimum atomic E-state index is -0.552. The van der Waals surface area contributed by atoms with Gasteiger partial charge in [0.05, 0.1) is 6.04 Å². The first-order chi connectivity index (χ1) is 8.22. The third-order valence-corrected chi connectivity index (χ3v) is 3.40. The molecule has 7 heteroatoms. The van der Waals surface area contributed by atoms with Crippen molar-refractivity contribution in [3.8, 4) is 0 Å². The summed E-state index contributed by atoms with van der Waals surface area (Å²) in [6, 6.07) is 3.66. The van der Waals surface area contributed by atoms with Crippen LogP contribution in [0.15, 0.2) is 18.2 Å². The van der Waals surface area contributed by atoms with Gasteiger partial charge in [0.2, 0.25) is 0 Å². The van der Waals surface area contributed by atoms with Crippen LogP contribution < -0.4 is 5.32 Å². The smallest absolute Gasteiger partial charge is 0.123 e. The van der Waals surface area contributed by atoms with E-state index in [1.807, 2.05) is 4.90 Å². The molecule has 1 aliphatic heterocycles. The largest absolute Gasteiger partial charge is 0.314 e. The SMILES string of the molecule is Cl.Cl.FC[C@@H](c1cc(F)ccc1Cl)N1CCNCC1. The first-order valence-corrected chi connectivity index (χ1v) is 6.06. The number of alkyl halides is 1. The quantitative estimate of drug-likeness (QED) is 0.913. The van der Waals surface area contributed by atoms with Crippen molar-refractivity contribution >= 4 is 36.4 Å². The summed E-state index contributed by atoms with van der Waals surface area (Å²) < 4.78 is 26.4. The van der Waals surface area contributed by atoms with Crippen molar-refractivity contribution in [2.75, 3.05) is 32.9 Å². The van der Waals surface area contributed by atoms with Crippen molar-refractivity contribution in [2.45, 2.75) is 6.04 Å². The summed E-state index contributed by atoms with van der Waals surface area (Å²) in [4.78, 5) is 2.00. The molecule has 1 aromatic carbocycles. The first kappa shape index (κ1) is 18.9. The standard InChI is InChI=1S/C12H15ClF2N2.2ClH/c13-11-2-1-9(15)7-10(11)12(8-14)17-5-3-16-4-6-17;;/h1-2,7,12,16H,3-6,8H2;2*1H/t12-;;/m0../s1. The van der Waals surface area contributed by atoms with Crippen molar-refractivity contribution in [1.29, 1.82) is 0 Å². The van der Waals surface area contributed by atoms with Gasteiger partial charge in [-0.2, -0.15) is 0 Å². The van der Waals surface area contributed by atoms with E-state index in [1.54, 1.807) is 0 Å². The average Bonchev–Trinajstić information content (AvgIpc) is 2.36. The Morgan fingerprint density at radius 3 is 2.47 bits per heavy atom. The second-order valence-electron chi connectivity index (χ2n) is 4.12. The molecule has 1 N–H and O–H groups in total. The number of hydrogen-bond acceptors (Lipinski definition) is 2. The fourth-order valence-electron chi connectivity index (χ4n) is 2.14. The van der Waals surface area contributed by atoms with Gasteiger partial charge in [0.15, 0.2) is 0 Å². The van der Waals surface area contributed by atoms with Crippen molar-refractivity contribution in [3.63, 3.8) is 0 Å². The van der Waals surface area contributed by atoms with Crippen LogP contribution in [0.25, 0.3) is 0 Å². The van der Waals surface area contributed by atoms with Crippen LogP contribution in [0, 0.1) is 5.82 Å². The molecular formula is C12H17Cl3F2N2. The summed E-state index contributed by atoms with van der Waals surface area (Å²) >= 11 is 6.01. The molecule has 0 bridgehead atoms. The number of nitrogens with one attached hydrogen (secondary N) is 1. The highest BCUT2D eigenvalue weighted by atomic mass is 35.5. The zero-order valence-electron chi connectivity index (χ0n) is 10.2. The molecule has 1 saturated heterocycles. The molecule has 0 spiro atoms. The third-order valence-electron chi connectivity index (χ3n) is 3.06. The minimum absolute atomic E-state index is 0. The van der Waals surface area contributed by atoms with Crippen LogP contribution in [-0.4, -0.2) is 37.8 Å². The first-order valence-electron chi connectivity index (χ1n) is 5.68. The van der Waals surface area contributed by atoms with Crippen LogP contribution >= 0.6 is 36.4 Å². The van der Waals surface area contributed by atoms with Crippen LogP contribution in [0.3, 0.4) is 0 Å². The number of piperazine rings is 1. The molecule has 0 aromatic heterocycles. The van der Waals surface area contributed by atoms with Crippen LogP contribution in [0.1, 0.15) is 11.6 Å². The molecule has 0 amide bonds. The van der Waals surface area contributed by atoms with Crippen LogP contribution in [-0.2, 0) is 0 Å². The van der Waals surface area contributed by atoms with E-state index in [2.05, 4.69) is 5.32 Å². The molecule has 19 heavy (non-hydrogen) atoms. The van der Waals surface area contributed by atoms with Gasteiger partial charge in [0, 0.05) is 31.2 Å². The summed E-state index contributed by atoms with van der Waals surface area (Å²) in [5, 5.41) is 3.62. The predicted octanol–water partition coefficient (Wildman–Crippen LogP) is 3.24. The van der Waals surface area contributed by atoms with Gasteiger partial charge in [-0.1, -0.05) is 11.6 Å². The van der Waals surface area contributed by atoms with Crippen LogP contribution in [0.4, 0.5) is 8.78 Å². The Morgan fingerprint density at radius 2 is 1.89 bits per heavy atom. The van der Waals surface area contributed by atoms with Crippen LogP contribution in [0.5, 0.6) is 0 Å². The Balaban J connectivity index is 0.00000162. The molecule has 1 atom stereocenters. The molecule has 1 aliphatic rings. The second kappa shape index (κ2) is 8.93. The lowest BCUT2D eigenvalue weighted by molar-refractivity contribution is 0.147. The van der Waals surface area contributed by atoms with E-state index < -0.39 is 12.7 Å². The van der Waals surface area contributed by atoms with Gasteiger partial charge < -0.3 is 5.32 Å². The molecule has 1 heterocycles. The van der Waals surface area contributed by atoms with E-state index in [4.69, 9.17) is 11.6 Å². The monoisotopic (exact) mass is 332 g/mol. The van der Waals surface area contributed by atoms with Gasteiger partial charge in [-0.25, -0.2) is 8.78 Å². The van der Waals surface area contributed by atoms with Gasteiger partial charge in [0.25, 0.3) is 0 Å². The van der Waals surface area contributed by atoms with Crippen LogP contribution in [0.2, 0.25) is 5.02 Å². The Bertz CT molecular complexity index is 387. The highest BCUT2D eigenvalue weighted by Gasteiger charge is 2.24. The number of rotatable bonds is 3. The zero-order chi connectivity index (χ0) is 12.3. The van der Waals surface area contributed by atoms with Crippen molar-refractivity contribution in [2.24, 2.45) is 0 Å². The van der Waals surface area contributed by atoms with E-state index in [9.17, 15) is 8.78 Å². The van der Waals surface area contributed by atoms with Gasteiger partial charge in [-0.05, 0) is 23.8 Å². The maximum Gasteiger partial charge on any atom is 0.123 e. The predicted molar refractivity (Wildman–Crippen MR) is 79.1 cm³/mol. The van der Waals surface area contributed by atoms with E-state index in [-0.39, 0.29) is 30.6 Å². The molecule has 2 rings (SSSR count). The normalized spacial score (nSPS) is 17.2. The van der Waals surface area contributed by atoms with Gasteiger partial charge in [0.1, 0.15) is 12.5 Å². The molecule has 0 radical (unpaired) electrons. The van der Waals surface area contributed by atoms with Gasteiger partial charge >= 0.3 is 0 Å². The van der Waals surface area contributed by atoms with E-state index in [0.29, 0.717) is 10.6 Å². The Labute approximate surface area is 129 Å². The number of benzene rings is 1. The van der Waals surface area contributed by atoms with E-state index >= 15 is 0 Å². The fraction of sp³-hybridized carbons (Fsp3) is 0.500. The topological polar surface area (TPSA) is 15.3 Å². The molecule has 1 fully saturated rings. The third kappa shape index (κ3) is 4.72. The molecule has 110 valence electrons. The van der Waals surface area contributed by atoms with Crippen molar-refractivity contribution in [1.82, 2.24) is 10.2 Å². The summed E-state index contributed by atoms with van der Waals surface area (Å²) in [6.45, 7) is 2.60. The molecule has 0 unspecified atom stereocenters. The molecule has 2 nitrogen and oxygen atoms in total. The van der Waals surface area contributed by atoms with Crippen molar-refractivity contribution < 1.29 is 8.78 Å². The number of halogens is 5.